The lowest BCUT2D eigenvalue weighted by atomic mass is 10.1. The van der Waals surface area contributed by atoms with Crippen LogP contribution >= 0.6 is 22.6 Å². The van der Waals surface area contributed by atoms with Gasteiger partial charge in [-0.3, -0.25) is 0 Å². The molecule has 0 saturated heterocycles. The van der Waals surface area contributed by atoms with E-state index < -0.39 is 0 Å². The van der Waals surface area contributed by atoms with Gasteiger partial charge >= 0.3 is 0 Å². The molecule has 0 aliphatic carbocycles. The molecular formula is C11H9IN2O2. The fourth-order valence-electron chi connectivity index (χ4n) is 1.40. The van der Waals surface area contributed by atoms with Crippen molar-refractivity contribution >= 4 is 22.6 Å². The molecule has 1 heterocycles. The second kappa shape index (κ2) is 4.65. The lowest BCUT2D eigenvalue weighted by Gasteiger charge is -2.05. The number of hydrogen-bond donors (Lipinski definition) is 2. The number of nitrogens with zero attached hydrogens (tertiary/aromatic N) is 2. The fraction of sp³-hybridized carbons (Fsp3) is 0.0909. The summed E-state index contributed by atoms with van der Waals surface area (Å²) in [7, 11) is 0. The van der Waals surface area contributed by atoms with Gasteiger partial charge < -0.3 is 10.2 Å². The van der Waals surface area contributed by atoms with E-state index in [0.29, 0.717) is 12.0 Å². The average Bonchev–Trinajstić information content (AvgIpc) is 2.24. The van der Waals surface area contributed by atoms with Gasteiger partial charge in [0.05, 0.1) is 5.56 Å². The first kappa shape index (κ1) is 11.1. The summed E-state index contributed by atoms with van der Waals surface area (Å²) < 4.78 is 1.10. The van der Waals surface area contributed by atoms with Gasteiger partial charge in [0.1, 0.15) is 6.33 Å². The van der Waals surface area contributed by atoms with Crippen molar-refractivity contribution in [2.75, 3.05) is 0 Å². The normalized spacial score (nSPS) is 10.3. The Bertz CT molecular complexity index is 497. The molecule has 0 spiro atoms. The van der Waals surface area contributed by atoms with Crippen molar-refractivity contribution in [3.8, 4) is 11.8 Å². The second-order valence-corrected chi connectivity index (χ2v) is 4.55. The van der Waals surface area contributed by atoms with Crippen LogP contribution in [-0.4, -0.2) is 20.2 Å². The van der Waals surface area contributed by atoms with E-state index in [1.54, 1.807) is 0 Å². The SMILES string of the molecule is Oc1ncnc(O)c1Cc1cccc(I)c1. The minimum atomic E-state index is -0.175. The molecule has 0 fully saturated rings. The zero-order chi connectivity index (χ0) is 11.5. The molecule has 2 rings (SSSR count). The Hall–Kier alpha value is -1.37. The largest absolute Gasteiger partial charge is 0.493 e. The van der Waals surface area contributed by atoms with E-state index in [1.807, 2.05) is 24.3 Å². The van der Waals surface area contributed by atoms with Crippen LogP contribution in [0.25, 0.3) is 0 Å². The van der Waals surface area contributed by atoms with Crippen LogP contribution in [0.3, 0.4) is 0 Å². The maximum atomic E-state index is 9.51. The van der Waals surface area contributed by atoms with Gasteiger partial charge in [-0.25, -0.2) is 9.97 Å². The van der Waals surface area contributed by atoms with Gasteiger partial charge in [0.2, 0.25) is 11.8 Å². The van der Waals surface area contributed by atoms with Crippen molar-refractivity contribution in [1.82, 2.24) is 9.97 Å². The molecule has 5 heteroatoms. The maximum absolute atomic E-state index is 9.51. The van der Waals surface area contributed by atoms with Crippen molar-refractivity contribution in [3.05, 3.63) is 45.3 Å². The molecule has 0 unspecified atom stereocenters. The molecule has 4 nitrogen and oxygen atoms in total. The summed E-state index contributed by atoms with van der Waals surface area (Å²) in [5, 5.41) is 19.0. The van der Waals surface area contributed by atoms with E-state index in [2.05, 4.69) is 32.6 Å². The number of benzene rings is 1. The van der Waals surface area contributed by atoms with Crippen LogP contribution in [0.4, 0.5) is 0 Å². The Morgan fingerprint density at radius 2 is 1.81 bits per heavy atom. The van der Waals surface area contributed by atoms with Crippen molar-refractivity contribution in [2.45, 2.75) is 6.42 Å². The van der Waals surface area contributed by atoms with E-state index in [4.69, 9.17) is 0 Å². The molecule has 0 radical (unpaired) electrons. The lowest BCUT2D eigenvalue weighted by molar-refractivity contribution is 0.411. The third kappa shape index (κ3) is 2.41. The molecule has 1 aromatic carbocycles. The van der Waals surface area contributed by atoms with Crippen molar-refractivity contribution < 1.29 is 10.2 Å². The Labute approximate surface area is 106 Å². The summed E-state index contributed by atoms with van der Waals surface area (Å²) in [5.74, 6) is -0.349. The Morgan fingerprint density at radius 3 is 2.44 bits per heavy atom. The summed E-state index contributed by atoms with van der Waals surface area (Å²) >= 11 is 2.21. The predicted octanol–water partition coefficient (Wildman–Crippen LogP) is 2.08. The van der Waals surface area contributed by atoms with Gasteiger partial charge in [-0.05, 0) is 40.3 Å². The first-order chi connectivity index (χ1) is 7.66. The predicted molar refractivity (Wildman–Crippen MR) is 67.3 cm³/mol. The standard InChI is InChI=1S/C11H9IN2O2/c12-8-3-1-2-7(4-8)5-9-10(15)13-6-14-11(9)16/h1-4,6H,5H2,(H2,13,14,15,16). The number of aromatic nitrogens is 2. The molecule has 16 heavy (non-hydrogen) atoms. The van der Waals surface area contributed by atoms with E-state index >= 15 is 0 Å². The fourth-order valence-corrected chi connectivity index (χ4v) is 2.01. The van der Waals surface area contributed by atoms with Crippen LogP contribution in [-0.2, 0) is 6.42 Å². The topological polar surface area (TPSA) is 66.2 Å². The van der Waals surface area contributed by atoms with Crippen molar-refractivity contribution in [3.63, 3.8) is 0 Å². The van der Waals surface area contributed by atoms with Gasteiger partial charge in [0.15, 0.2) is 0 Å². The number of aromatic hydroxyl groups is 2. The monoisotopic (exact) mass is 328 g/mol. The van der Waals surface area contributed by atoms with E-state index in [9.17, 15) is 10.2 Å². The number of rotatable bonds is 2. The average molecular weight is 328 g/mol. The highest BCUT2D eigenvalue weighted by atomic mass is 127. The highest BCUT2D eigenvalue weighted by Gasteiger charge is 2.10. The zero-order valence-electron chi connectivity index (χ0n) is 8.26. The molecule has 1 aromatic heterocycles. The van der Waals surface area contributed by atoms with E-state index in [0.717, 1.165) is 15.5 Å². The minimum absolute atomic E-state index is 0.175. The van der Waals surface area contributed by atoms with Crippen LogP contribution in [0, 0.1) is 3.57 Å². The summed E-state index contributed by atoms with van der Waals surface area (Å²) in [5.41, 5.74) is 1.34. The molecule has 0 amide bonds. The second-order valence-electron chi connectivity index (χ2n) is 3.31. The van der Waals surface area contributed by atoms with Gasteiger partial charge in [0, 0.05) is 9.99 Å². The molecule has 0 atom stereocenters. The number of hydrogen-bond acceptors (Lipinski definition) is 4. The summed E-state index contributed by atoms with van der Waals surface area (Å²) in [4.78, 5) is 7.28. The third-order valence-electron chi connectivity index (χ3n) is 2.17. The van der Waals surface area contributed by atoms with E-state index in [-0.39, 0.29) is 11.8 Å². The Morgan fingerprint density at radius 1 is 1.12 bits per heavy atom. The van der Waals surface area contributed by atoms with Gasteiger partial charge in [-0.1, -0.05) is 12.1 Å². The van der Waals surface area contributed by atoms with Crippen LogP contribution in [0.1, 0.15) is 11.1 Å². The third-order valence-corrected chi connectivity index (χ3v) is 2.84. The first-order valence-corrected chi connectivity index (χ1v) is 5.71. The zero-order valence-corrected chi connectivity index (χ0v) is 10.4. The highest BCUT2D eigenvalue weighted by Crippen LogP contribution is 2.24. The van der Waals surface area contributed by atoms with Gasteiger partial charge in [0.25, 0.3) is 0 Å². The molecular weight excluding hydrogens is 319 g/mol. The molecule has 0 saturated carbocycles. The Kier molecular flexibility index (Phi) is 3.23. The molecule has 2 aromatic rings. The van der Waals surface area contributed by atoms with Crippen LogP contribution < -0.4 is 0 Å². The highest BCUT2D eigenvalue weighted by molar-refractivity contribution is 14.1. The minimum Gasteiger partial charge on any atom is -0.493 e. The molecule has 2 N–H and O–H groups in total. The summed E-state index contributed by atoms with van der Waals surface area (Å²) in [6.45, 7) is 0. The first-order valence-electron chi connectivity index (χ1n) is 4.63. The van der Waals surface area contributed by atoms with Gasteiger partial charge in [-0.2, -0.15) is 0 Å². The number of halogens is 1. The molecule has 0 aliphatic rings. The van der Waals surface area contributed by atoms with Crippen molar-refractivity contribution in [2.24, 2.45) is 0 Å². The maximum Gasteiger partial charge on any atom is 0.221 e. The van der Waals surface area contributed by atoms with E-state index in [1.165, 1.54) is 0 Å². The van der Waals surface area contributed by atoms with Crippen LogP contribution in [0.5, 0.6) is 11.8 Å². The van der Waals surface area contributed by atoms with Crippen LogP contribution in [0.15, 0.2) is 30.6 Å². The molecule has 0 bridgehead atoms. The van der Waals surface area contributed by atoms with Crippen molar-refractivity contribution in [1.29, 1.82) is 0 Å². The molecule has 82 valence electrons. The molecule has 0 aliphatic heterocycles. The van der Waals surface area contributed by atoms with Gasteiger partial charge in [-0.15, -0.1) is 0 Å². The lowest BCUT2D eigenvalue weighted by Crippen LogP contribution is -1.94. The quantitative estimate of drug-likeness (QED) is 0.829. The Balaban J connectivity index is 2.34. The van der Waals surface area contributed by atoms with Crippen LogP contribution in [0.2, 0.25) is 0 Å². The summed E-state index contributed by atoms with van der Waals surface area (Å²) in [6, 6.07) is 7.81. The smallest absolute Gasteiger partial charge is 0.221 e. The summed E-state index contributed by atoms with van der Waals surface area (Å²) in [6.07, 6.45) is 1.54.